The molecule has 1 aliphatic carbocycles. The smallest absolute Gasteiger partial charge is 0.223 e. The molecule has 0 saturated heterocycles. The van der Waals surface area contributed by atoms with Gasteiger partial charge in [-0.05, 0) is 44.6 Å². The van der Waals surface area contributed by atoms with Gasteiger partial charge in [-0.2, -0.15) is 0 Å². The predicted octanol–water partition coefficient (Wildman–Crippen LogP) is 2.09. The number of unbranched alkanes of at least 4 members (excludes halogenated alkanes) is 1. The summed E-state index contributed by atoms with van der Waals surface area (Å²) >= 11 is 0. The third kappa shape index (κ3) is 5.17. The van der Waals surface area contributed by atoms with Crippen molar-refractivity contribution < 1.29 is 4.79 Å². The highest BCUT2D eigenvalue weighted by molar-refractivity contribution is 5.85. The Morgan fingerprint density at radius 3 is 2.44 bits per heavy atom. The van der Waals surface area contributed by atoms with E-state index in [4.69, 9.17) is 5.73 Å². The lowest BCUT2D eigenvalue weighted by Crippen LogP contribution is -2.34. The summed E-state index contributed by atoms with van der Waals surface area (Å²) in [6.07, 6.45) is 6.54. The molecule has 1 amide bonds. The zero-order valence-corrected chi connectivity index (χ0v) is 11.0. The molecule has 0 bridgehead atoms. The van der Waals surface area contributed by atoms with Gasteiger partial charge in [0.2, 0.25) is 5.91 Å². The van der Waals surface area contributed by atoms with Gasteiger partial charge in [-0.3, -0.25) is 4.79 Å². The fraction of sp³-hybridized carbons (Fsp3) is 0.917. The Bertz CT molecular complexity index is 191. The fourth-order valence-electron chi connectivity index (χ4n) is 2.19. The maximum atomic E-state index is 11.7. The molecule has 1 fully saturated rings. The molecule has 0 radical (unpaired) electrons. The van der Waals surface area contributed by atoms with Gasteiger partial charge >= 0.3 is 0 Å². The van der Waals surface area contributed by atoms with Crippen molar-refractivity contribution in [3.63, 3.8) is 0 Å². The number of nitrogens with two attached hydrogens (primary N) is 1. The van der Waals surface area contributed by atoms with Gasteiger partial charge in [0.25, 0.3) is 0 Å². The number of amides is 1. The van der Waals surface area contributed by atoms with Crippen LogP contribution in [0.1, 0.15) is 45.4 Å². The zero-order valence-electron chi connectivity index (χ0n) is 10.2. The number of carbonyl (C=O) groups is 1. The fourth-order valence-corrected chi connectivity index (χ4v) is 2.19. The topological polar surface area (TPSA) is 55.1 Å². The second-order valence-electron chi connectivity index (χ2n) is 4.60. The van der Waals surface area contributed by atoms with E-state index >= 15 is 0 Å². The summed E-state index contributed by atoms with van der Waals surface area (Å²) in [4.78, 5) is 11.7. The van der Waals surface area contributed by atoms with Crippen LogP contribution in [0.3, 0.4) is 0 Å². The third-order valence-electron chi connectivity index (χ3n) is 3.38. The second kappa shape index (κ2) is 8.82. The van der Waals surface area contributed by atoms with Crippen LogP contribution in [0.25, 0.3) is 0 Å². The molecule has 3 N–H and O–H groups in total. The number of nitrogens with one attached hydrogen (secondary N) is 1. The Morgan fingerprint density at radius 2 is 1.94 bits per heavy atom. The highest BCUT2D eigenvalue weighted by atomic mass is 35.5. The molecular weight excluding hydrogens is 224 g/mol. The van der Waals surface area contributed by atoms with Gasteiger partial charge in [-0.1, -0.05) is 13.3 Å². The monoisotopic (exact) mass is 248 g/mol. The quantitative estimate of drug-likeness (QED) is 0.732. The SMILES string of the molecule is CCCCNC(=O)[C@H]1CC[C@H](CN)CC1.Cl. The van der Waals surface area contributed by atoms with E-state index in [0.717, 1.165) is 51.6 Å². The first-order valence-electron chi connectivity index (χ1n) is 6.25. The summed E-state index contributed by atoms with van der Waals surface area (Å²) < 4.78 is 0. The van der Waals surface area contributed by atoms with E-state index in [2.05, 4.69) is 12.2 Å². The Balaban J connectivity index is 0.00000225. The van der Waals surface area contributed by atoms with Crippen LogP contribution in [-0.4, -0.2) is 19.0 Å². The normalized spacial score (nSPS) is 24.6. The van der Waals surface area contributed by atoms with Gasteiger partial charge in [-0.15, -0.1) is 12.4 Å². The molecular formula is C12H25ClN2O. The van der Waals surface area contributed by atoms with Crippen molar-refractivity contribution in [3.8, 4) is 0 Å². The van der Waals surface area contributed by atoms with Crippen LogP contribution >= 0.6 is 12.4 Å². The summed E-state index contributed by atoms with van der Waals surface area (Å²) in [6, 6.07) is 0. The maximum absolute atomic E-state index is 11.7. The van der Waals surface area contributed by atoms with E-state index in [-0.39, 0.29) is 24.2 Å². The molecule has 96 valence electrons. The lowest BCUT2D eigenvalue weighted by molar-refractivity contribution is -0.126. The van der Waals surface area contributed by atoms with Gasteiger partial charge < -0.3 is 11.1 Å². The minimum Gasteiger partial charge on any atom is -0.356 e. The number of hydrogen-bond acceptors (Lipinski definition) is 2. The van der Waals surface area contributed by atoms with Gasteiger partial charge in [0, 0.05) is 12.5 Å². The van der Waals surface area contributed by atoms with Crippen molar-refractivity contribution in [3.05, 3.63) is 0 Å². The Hall–Kier alpha value is -0.280. The lowest BCUT2D eigenvalue weighted by atomic mass is 9.81. The third-order valence-corrected chi connectivity index (χ3v) is 3.38. The molecule has 1 saturated carbocycles. The molecule has 0 spiro atoms. The molecule has 0 aromatic carbocycles. The standard InChI is InChI=1S/C12H24N2O.ClH/c1-2-3-8-14-12(15)11-6-4-10(9-13)5-7-11;/h10-11H,2-9,13H2,1H3,(H,14,15);1H/t10-,11-;. The van der Waals surface area contributed by atoms with Crippen molar-refractivity contribution in [1.82, 2.24) is 5.32 Å². The molecule has 4 heteroatoms. The largest absolute Gasteiger partial charge is 0.356 e. The van der Waals surface area contributed by atoms with Crippen molar-refractivity contribution in [1.29, 1.82) is 0 Å². The van der Waals surface area contributed by atoms with Crippen LogP contribution in [0.4, 0.5) is 0 Å². The zero-order chi connectivity index (χ0) is 11.1. The summed E-state index contributed by atoms with van der Waals surface area (Å²) in [6.45, 7) is 3.76. The molecule has 0 aromatic heterocycles. The molecule has 1 rings (SSSR count). The van der Waals surface area contributed by atoms with E-state index in [0.29, 0.717) is 5.92 Å². The van der Waals surface area contributed by atoms with Crippen LogP contribution in [0.15, 0.2) is 0 Å². The van der Waals surface area contributed by atoms with E-state index in [1.165, 1.54) is 0 Å². The predicted molar refractivity (Wildman–Crippen MR) is 69.7 cm³/mol. The lowest BCUT2D eigenvalue weighted by Gasteiger charge is -2.26. The summed E-state index contributed by atoms with van der Waals surface area (Å²) in [7, 11) is 0. The minimum absolute atomic E-state index is 0. The van der Waals surface area contributed by atoms with Crippen molar-refractivity contribution >= 4 is 18.3 Å². The summed E-state index contributed by atoms with van der Waals surface area (Å²) in [5.74, 6) is 1.17. The Labute approximate surface area is 105 Å². The Morgan fingerprint density at radius 1 is 1.31 bits per heavy atom. The molecule has 3 nitrogen and oxygen atoms in total. The number of carbonyl (C=O) groups excluding carboxylic acids is 1. The number of hydrogen-bond donors (Lipinski definition) is 2. The minimum atomic E-state index is 0. The van der Waals surface area contributed by atoms with Crippen molar-refractivity contribution in [2.45, 2.75) is 45.4 Å². The van der Waals surface area contributed by atoms with Crippen LogP contribution in [0, 0.1) is 11.8 Å². The van der Waals surface area contributed by atoms with Gasteiger partial charge in [0.1, 0.15) is 0 Å². The summed E-state index contributed by atoms with van der Waals surface area (Å²) in [5.41, 5.74) is 5.62. The molecule has 1 aliphatic rings. The maximum Gasteiger partial charge on any atom is 0.223 e. The average molecular weight is 249 g/mol. The van der Waals surface area contributed by atoms with Gasteiger partial charge in [0.05, 0.1) is 0 Å². The number of halogens is 1. The van der Waals surface area contributed by atoms with Crippen LogP contribution < -0.4 is 11.1 Å². The van der Waals surface area contributed by atoms with Gasteiger partial charge in [0.15, 0.2) is 0 Å². The molecule has 0 aliphatic heterocycles. The average Bonchev–Trinajstić information content (AvgIpc) is 2.29. The molecule has 0 unspecified atom stereocenters. The summed E-state index contributed by atoms with van der Waals surface area (Å²) in [5, 5.41) is 3.02. The molecule has 0 aromatic rings. The van der Waals surface area contributed by atoms with E-state index < -0.39 is 0 Å². The highest BCUT2D eigenvalue weighted by Crippen LogP contribution is 2.27. The van der Waals surface area contributed by atoms with Crippen LogP contribution in [0.2, 0.25) is 0 Å². The van der Waals surface area contributed by atoms with E-state index in [1.807, 2.05) is 0 Å². The van der Waals surface area contributed by atoms with E-state index in [1.54, 1.807) is 0 Å². The molecule has 0 atom stereocenters. The first-order chi connectivity index (χ1) is 7.27. The van der Waals surface area contributed by atoms with Crippen molar-refractivity contribution in [2.75, 3.05) is 13.1 Å². The molecule has 16 heavy (non-hydrogen) atoms. The first-order valence-corrected chi connectivity index (χ1v) is 6.25. The van der Waals surface area contributed by atoms with Crippen molar-refractivity contribution in [2.24, 2.45) is 17.6 Å². The number of rotatable bonds is 5. The Kier molecular flexibility index (Phi) is 8.67. The highest BCUT2D eigenvalue weighted by Gasteiger charge is 2.24. The van der Waals surface area contributed by atoms with Crippen LogP contribution in [-0.2, 0) is 4.79 Å². The molecule has 0 heterocycles. The van der Waals surface area contributed by atoms with Gasteiger partial charge in [-0.25, -0.2) is 0 Å². The van der Waals surface area contributed by atoms with E-state index in [9.17, 15) is 4.79 Å². The second-order valence-corrected chi connectivity index (χ2v) is 4.60. The first kappa shape index (κ1) is 15.7. The van der Waals surface area contributed by atoms with Crippen LogP contribution in [0.5, 0.6) is 0 Å².